The first kappa shape index (κ1) is 10.6. The summed E-state index contributed by atoms with van der Waals surface area (Å²) in [7, 11) is 1.83. The molecule has 3 heteroatoms. The summed E-state index contributed by atoms with van der Waals surface area (Å²) < 4.78 is 0. The molecule has 1 N–H and O–H groups in total. The van der Waals surface area contributed by atoms with Gasteiger partial charge in [0.05, 0.1) is 6.10 Å². The molecule has 0 aromatic rings. The molecule has 2 nitrogen and oxygen atoms in total. The van der Waals surface area contributed by atoms with Crippen molar-refractivity contribution in [3.63, 3.8) is 0 Å². The van der Waals surface area contributed by atoms with Crippen LogP contribution in [-0.2, 0) is 20.4 Å². The normalized spacial score (nSPS) is 32.7. The van der Waals surface area contributed by atoms with Crippen LogP contribution in [-0.4, -0.2) is 24.3 Å². The van der Waals surface area contributed by atoms with Crippen LogP contribution in [0.1, 0.15) is 19.8 Å². The van der Waals surface area contributed by atoms with Gasteiger partial charge in [-0.2, -0.15) is 7.05 Å². The van der Waals surface area contributed by atoms with Gasteiger partial charge in [-0.1, -0.05) is 13.3 Å². The van der Waals surface area contributed by atoms with Crippen molar-refractivity contribution >= 4 is 0 Å². The fraction of sp³-hybridized carbons (Fsp3) is 1.00. The van der Waals surface area contributed by atoms with Crippen LogP contribution < -0.4 is 0 Å². The minimum absolute atomic E-state index is 0. The summed E-state index contributed by atoms with van der Waals surface area (Å²) in [5.41, 5.74) is 0. The van der Waals surface area contributed by atoms with E-state index < -0.39 is 0 Å². The molecular formula is C7H14NORe-. The molecule has 0 spiro atoms. The second-order valence-corrected chi connectivity index (χ2v) is 2.70. The molecule has 1 radical (unpaired) electrons. The zero-order valence-electron chi connectivity index (χ0n) is 6.42. The van der Waals surface area contributed by atoms with Crippen LogP contribution in [0.2, 0.25) is 0 Å². The Morgan fingerprint density at radius 1 is 1.70 bits per heavy atom. The average Bonchev–Trinajstić information content (AvgIpc) is 2.64. The van der Waals surface area contributed by atoms with Crippen molar-refractivity contribution in [3.8, 4) is 0 Å². The van der Waals surface area contributed by atoms with Gasteiger partial charge >= 0.3 is 0 Å². The summed E-state index contributed by atoms with van der Waals surface area (Å²) in [5, 5.41) is 13.3. The van der Waals surface area contributed by atoms with E-state index in [2.05, 4.69) is 5.32 Å². The Labute approximate surface area is 76.0 Å². The summed E-state index contributed by atoms with van der Waals surface area (Å²) in [6, 6.07) is 0.472. The molecule has 0 aromatic heterocycles. The summed E-state index contributed by atoms with van der Waals surface area (Å²) in [5.74, 6) is 0.486. The maximum Gasteiger partial charge on any atom is 0.0551 e. The van der Waals surface area contributed by atoms with Gasteiger partial charge in [-0.05, 0) is 12.3 Å². The van der Waals surface area contributed by atoms with E-state index in [0.717, 1.165) is 12.8 Å². The SMILES string of the molecule is CC[C@@H](O)C1CC1[N-]C.[Re]. The van der Waals surface area contributed by atoms with Gasteiger partial charge in [0.25, 0.3) is 0 Å². The Hall–Kier alpha value is 0.582. The van der Waals surface area contributed by atoms with Gasteiger partial charge in [0.2, 0.25) is 0 Å². The zero-order valence-corrected chi connectivity index (χ0v) is 9.13. The van der Waals surface area contributed by atoms with E-state index in [9.17, 15) is 5.11 Å². The first-order valence-corrected chi connectivity index (χ1v) is 3.56. The van der Waals surface area contributed by atoms with Crippen LogP contribution in [0.3, 0.4) is 0 Å². The number of aliphatic hydroxyl groups is 1. The van der Waals surface area contributed by atoms with Gasteiger partial charge in [-0.3, -0.25) is 0 Å². The molecule has 0 amide bonds. The largest absolute Gasteiger partial charge is 0.662 e. The van der Waals surface area contributed by atoms with E-state index in [0.29, 0.717) is 12.0 Å². The number of hydrogen-bond acceptors (Lipinski definition) is 1. The Kier molecular flexibility index (Phi) is 4.72. The Morgan fingerprint density at radius 2 is 2.30 bits per heavy atom. The standard InChI is InChI=1S/C7H14NO.Re/c1-3-7(9)5-4-6(5)8-2;/h5-7,9H,3-4H2,1-2H3;/q-1;/t5?,6?,7-;/m1./s1. The third-order valence-corrected chi connectivity index (χ3v) is 2.05. The quantitative estimate of drug-likeness (QED) is 0.833. The van der Waals surface area contributed by atoms with Crippen LogP contribution in [0, 0.1) is 5.92 Å². The van der Waals surface area contributed by atoms with Crippen molar-refractivity contribution < 1.29 is 25.5 Å². The van der Waals surface area contributed by atoms with Crippen LogP contribution in [0.5, 0.6) is 0 Å². The van der Waals surface area contributed by atoms with Gasteiger partial charge in [0.1, 0.15) is 0 Å². The van der Waals surface area contributed by atoms with Gasteiger partial charge in [0, 0.05) is 20.4 Å². The number of nitrogens with zero attached hydrogens (tertiary/aromatic N) is 1. The van der Waals surface area contributed by atoms with Crippen molar-refractivity contribution in [1.82, 2.24) is 0 Å². The van der Waals surface area contributed by atoms with Gasteiger partial charge in [-0.25, -0.2) is 0 Å². The molecule has 3 atom stereocenters. The zero-order chi connectivity index (χ0) is 6.85. The average molecular weight is 314 g/mol. The van der Waals surface area contributed by atoms with E-state index in [1.165, 1.54) is 0 Å². The Balaban J connectivity index is 0.000000810. The smallest absolute Gasteiger partial charge is 0.0551 e. The van der Waals surface area contributed by atoms with Crippen LogP contribution in [0.4, 0.5) is 0 Å². The molecule has 1 saturated carbocycles. The Morgan fingerprint density at radius 3 is 2.60 bits per heavy atom. The van der Waals surface area contributed by atoms with E-state index in [1.807, 2.05) is 14.0 Å². The second kappa shape index (κ2) is 4.46. The van der Waals surface area contributed by atoms with E-state index in [-0.39, 0.29) is 26.5 Å². The minimum Gasteiger partial charge on any atom is -0.662 e. The molecular weight excluding hydrogens is 300 g/mol. The van der Waals surface area contributed by atoms with Gasteiger partial charge in [0.15, 0.2) is 0 Å². The molecule has 1 rings (SSSR count). The summed E-state index contributed by atoms with van der Waals surface area (Å²) in [6.07, 6.45) is 1.88. The monoisotopic (exact) mass is 315 g/mol. The van der Waals surface area contributed by atoms with Crippen LogP contribution in [0.15, 0.2) is 0 Å². The fourth-order valence-corrected chi connectivity index (χ4v) is 1.21. The molecule has 2 unspecified atom stereocenters. The topological polar surface area (TPSA) is 34.3 Å². The number of aliphatic hydroxyl groups excluding tert-OH is 1. The Bertz CT molecular complexity index is 99.6. The fourth-order valence-electron chi connectivity index (χ4n) is 1.21. The van der Waals surface area contributed by atoms with Crippen LogP contribution >= 0.6 is 0 Å². The second-order valence-electron chi connectivity index (χ2n) is 2.70. The summed E-state index contributed by atoms with van der Waals surface area (Å²) in [4.78, 5) is 0. The van der Waals surface area contributed by atoms with Gasteiger partial charge in [-0.15, -0.1) is 6.04 Å². The molecule has 0 aliphatic heterocycles. The third kappa shape index (κ3) is 2.32. The maximum absolute atomic E-state index is 9.24. The molecule has 0 bridgehead atoms. The van der Waals surface area contributed by atoms with Crippen molar-refractivity contribution in [2.24, 2.45) is 5.92 Å². The van der Waals surface area contributed by atoms with E-state index in [1.54, 1.807) is 0 Å². The summed E-state index contributed by atoms with van der Waals surface area (Å²) in [6.45, 7) is 2.01. The van der Waals surface area contributed by atoms with Crippen molar-refractivity contribution in [2.45, 2.75) is 31.9 Å². The van der Waals surface area contributed by atoms with Gasteiger partial charge < -0.3 is 10.4 Å². The molecule has 0 heterocycles. The molecule has 0 saturated heterocycles. The first-order valence-electron chi connectivity index (χ1n) is 3.56. The molecule has 0 aromatic carbocycles. The molecule has 1 aliphatic rings. The van der Waals surface area contributed by atoms with Crippen LogP contribution in [0.25, 0.3) is 5.32 Å². The maximum atomic E-state index is 9.24. The summed E-state index contributed by atoms with van der Waals surface area (Å²) >= 11 is 0. The molecule has 10 heavy (non-hydrogen) atoms. The number of hydrogen-bond donors (Lipinski definition) is 1. The van der Waals surface area contributed by atoms with Crippen molar-refractivity contribution in [2.75, 3.05) is 7.05 Å². The predicted molar refractivity (Wildman–Crippen MR) is 37.5 cm³/mol. The molecule has 61 valence electrons. The van der Waals surface area contributed by atoms with Crippen molar-refractivity contribution in [3.05, 3.63) is 5.32 Å². The molecule has 1 fully saturated rings. The predicted octanol–water partition coefficient (Wildman–Crippen LogP) is 1.15. The third-order valence-electron chi connectivity index (χ3n) is 2.05. The minimum atomic E-state index is -0.0984. The molecule has 1 aliphatic carbocycles. The van der Waals surface area contributed by atoms with E-state index in [4.69, 9.17) is 0 Å². The first-order chi connectivity index (χ1) is 4.29. The number of rotatable bonds is 3. The van der Waals surface area contributed by atoms with Crippen molar-refractivity contribution in [1.29, 1.82) is 0 Å². The van der Waals surface area contributed by atoms with E-state index >= 15 is 0 Å².